The Labute approximate surface area is 157 Å². The minimum absolute atomic E-state index is 0.000551. The van der Waals surface area contributed by atoms with E-state index in [2.05, 4.69) is 20.2 Å². The van der Waals surface area contributed by atoms with Gasteiger partial charge in [-0.05, 0) is 37.6 Å². The maximum absolute atomic E-state index is 13.6. The summed E-state index contributed by atoms with van der Waals surface area (Å²) in [5.41, 5.74) is 6.56. The summed E-state index contributed by atoms with van der Waals surface area (Å²) in [6.45, 7) is 5.96. The molecule has 0 spiro atoms. The Hall–Kier alpha value is -2.74. The highest BCUT2D eigenvalue weighted by Crippen LogP contribution is 2.19. The van der Waals surface area contributed by atoms with Crippen LogP contribution in [0, 0.1) is 11.6 Å². The smallest absolute Gasteiger partial charge is 0.193 e. The van der Waals surface area contributed by atoms with E-state index in [1.165, 1.54) is 0 Å². The van der Waals surface area contributed by atoms with Crippen LogP contribution >= 0.6 is 0 Å². The van der Waals surface area contributed by atoms with Crippen molar-refractivity contribution in [2.45, 2.75) is 32.6 Å². The Kier molecular flexibility index (Phi) is 5.85. The molecule has 0 radical (unpaired) electrons. The van der Waals surface area contributed by atoms with E-state index in [0.717, 1.165) is 42.7 Å². The van der Waals surface area contributed by atoms with Crippen molar-refractivity contribution < 1.29 is 13.5 Å². The Morgan fingerprint density at radius 1 is 1.26 bits per heavy atom. The van der Waals surface area contributed by atoms with Crippen molar-refractivity contribution in [3.63, 3.8) is 0 Å². The number of ether oxygens (including phenoxy) is 1. The van der Waals surface area contributed by atoms with Crippen LogP contribution in [0.1, 0.15) is 19.4 Å². The van der Waals surface area contributed by atoms with Crippen LogP contribution in [0.3, 0.4) is 0 Å². The first-order chi connectivity index (χ1) is 12.9. The van der Waals surface area contributed by atoms with Crippen molar-refractivity contribution in [2.75, 3.05) is 23.3 Å². The molecule has 2 atom stereocenters. The van der Waals surface area contributed by atoms with Gasteiger partial charge in [-0.25, -0.2) is 18.8 Å². The second kappa shape index (κ2) is 8.30. The molecule has 0 amide bonds. The summed E-state index contributed by atoms with van der Waals surface area (Å²) in [6.07, 6.45) is 2.06. The number of benzene rings is 1. The summed E-state index contributed by atoms with van der Waals surface area (Å²) in [6, 6.07) is 6.95. The van der Waals surface area contributed by atoms with Crippen molar-refractivity contribution in [2.24, 2.45) is 10.7 Å². The molecule has 0 saturated carbocycles. The lowest BCUT2D eigenvalue weighted by atomic mass is 10.2. The number of guanidine groups is 1. The Morgan fingerprint density at radius 2 is 2.00 bits per heavy atom. The monoisotopic (exact) mass is 375 g/mol. The van der Waals surface area contributed by atoms with Crippen molar-refractivity contribution in [3.8, 4) is 0 Å². The van der Waals surface area contributed by atoms with Crippen LogP contribution in [0.4, 0.5) is 20.3 Å². The minimum Gasteiger partial charge on any atom is -0.372 e. The number of anilines is 2. The number of aliphatic imine (C=N–C) groups is 1. The van der Waals surface area contributed by atoms with Crippen molar-refractivity contribution in [3.05, 3.63) is 53.7 Å². The average molecular weight is 375 g/mol. The lowest BCUT2D eigenvalue weighted by molar-refractivity contribution is -0.00545. The number of pyridine rings is 1. The molecule has 0 bridgehead atoms. The molecule has 1 aromatic heterocycles. The predicted molar refractivity (Wildman–Crippen MR) is 102 cm³/mol. The fraction of sp³-hybridized carbons (Fsp3) is 0.368. The molecule has 2 heterocycles. The predicted octanol–water partition coefficient (Wildman–Crippen LogP) is 2.90. The minimum atomic E-state index is -0.602. The highest BCUT2D eigenvalue weighted by Gasteiger charge is 2.22. The topological polar surface area (TPSA) is 75.8 Å². The Morgan fingerprint density at radius 3 is 2.67 bits per heavy atom. The summed E-state index contributed by atoms with van der Waals surface area (Å²) in [7, 11) is 0. The average Bonchev–Trinajstić information content (AvgIpc) is 2.63. The molecule has 1 aliphatic heterocycles. The first-order valence-corrected chi connectivity index (χ1v) is 8.78. The number of rotatable bonds is 4. The molecule has 3 rings (SSSR count). The molecule has 0 aliphatic carbocycles. The van der Waals surface area contributed by atoms with E-state index >= 15 is 0 Å². The fourth-order valence-electron chi connectivity index (χ4n) is 3.01. The van der Waals surface area contributed by atoms with E-state index in [1.807, 2.05) is 26.0 Å². The van der Waals surface area contributed by atoms with Crippen LogP contribution in [0.5, 0.6) is 0 Å². The molecule has 2 unspecified atom stereocenters. The summed E-state index contributed by atoms with van der Waals surface area (Å²) in [5.74, 6) is -0.273. The van der Waals surface area contributed by atoms with Gasteiger partial charge in [0.1, 0.15) is 17.5 Å². The Balaban J connectivity index is 1.61. The van der Waals surface area contributed by atoms with E-state index in [1.54, 1.807) is 6.20 Å². The zero-order chi connectivity index (χ0) is 19.4. The van der Waals surface area contributed by atoms with Gasteiger partial charge in [-0.15, -0.1) is 0 Å². The second-order valence-electron chi connectivity index (χ2n) is 6.64. The molecule has 1 saturated heterocycles. The van der Waals surface area contributed by atoms with Gasteiger partial charge in [-0.3, -0.25) is 0 Å². The normalized spacial score (nSPS) is 20.6. The third kappa shape index (κ3) is 5.13. The summed E-state index contributed by atoms with van der Waals surface area (Å²) in [4.78, 5) is 10.8. The number of nitrogens with zero attached hydrogens (tertiary/aromatic N) is 3. The van der Waals surface area contributed by atoms with Gasteiger partial charge in [-0.1, -0.05) is 6.07 Å². The van der Waals surface area contributed by atoms with E-state index in [0.29, 0.717) is 0 Å². The molecule has 1 aliphatic rings. The van der Waals surface area contributed by atoms with Gasteiger partial charge in [0, 0.05) is 25.4 Å². The molecule has 144 valence electrons. The molecule has 8 heteroatoms. The van der Waals surface area contributed by atoms with E-state index in [4.69, 9.17) is 10.5 Å². The van der Waals surface area contributed by atoms with Gasteiger partial charge in [0.2, 0.25) is 0 Å². The summed E-state index contributed by atoms with van der Waals surface area (Å²) >= 11 is 0. The van der Waals surface area contributed by atoms with E-state index in [9.17, 15) is 8.78 Å². The summed E-state index contributed by atoms with van der Waals surface area (Å²) < 4.78 is 32.5. The van der Waals surface area contributed by atoms with Crippen LogP contribution < -0.4 is 16.0 Å². The molecule has 6 nitrogen and oxygen atoms in total. The van der Waals surface area contributed by atoms with Crippen LogP contribution in [0.25, 0.3) is 0 Å². The number of halogens is 2. The lowest BCUT2D eigenvalue weighted by Gasteiger charge is -2.36. The molecule has 27 heavy (non-hydrogen) atoms. The zero-order valence-electron chi connectivity index (χ0n) is 15.3. The number of morpholine rings is 1. The maximum Gasteiger partial charge on any atom is 0.193 e. The number of hydrogen-bond donors (Lipinski definition) is 2. The van der Waals surface area contributed by atoms with Crippen LogP contribution in [0.15, 0.2) is 41.5 Å². The standard InChI is InChI=1S/C19H23F2N5O/c1-12-10-26(11-13(2)27-12)18-6-3-14(8-23-18)9-24-19(22)25-17-7-15(20)4-5-16(17)21/h3-8,12-13H,9-11H2,1-2H3,(H3,22,24,25). The van der Waals surface area contributed by atoms with Gasteiger partial charge in [-0.2, -0.15) is 0 Å². The van der Waals surface area contributed by atoms with Crippen molar-refractivity contribution >= 4 is 17.5 Å². The second-order valence-corrected chi connectivity index (χ2v) is 6.64. The van der Waals surface area contributed by atoms with E-state index in [-0.39, 0.29) is 30.4 Å². The summed E-state index contributed by atoms with van der Waals surface area (Å²) in [5, 5.41) is 2.56. The van der Waals surface area contributed by atoms with Gasteiger partial charge < -0.3 is 20.7 Å². The first-order valence-electron chi connectivity index (χ1n) is 8.78. The maximum atomic E-state index is 13.6. The molecule has 3 N–H and O–H groups in total. The SMILES string of the molecule is CC1CN(c2ccc(CN=C(N)Nc3cc(F)ccc3F)cn2)CC(C)O1. The third-order valence-electron chi connectivity index (χ3n) is 4.18. The van der Waals surface area contributed by atoms with Gasteiger partial charge in [0.15, 0.2) is 5.96 Å². The molecule has 1 aromatic carbocycles. The Bertz CT molecular complexity index is 802. The molecular weight excluding hydrogens is 352 g/mol. The highest BCUT2D eigenvalue weighted by molar-refractivity contribution is 5.92. The largest absolute Gasteiger partial charge is 0.372 e. The van der Waals surface area contributed by atoms with Gasteiger partial charge >= 0.3 is 0 Å². The van der Waals surface area contributed by atoms with Crippen LogP contribution in [-0.4, -0.2) is 36.2 Å². The lowest BCUT2D eigenvalue weighted by Crippen LogP contribution is -2.45. The van der Waals surface area contributed by atoms with Crippen LogP contribution in [0.2, 0.25) is 0 Å². The number of hydrogen-bond acceptors (Lipinski definition) is 4. The first kappa shape index (κ1) is 19.0. The number of nitrogens with one attached hydrogen (secondary N) is 1. The van der Waals surface area contributed by atoms with Gasteiger partial charge in [0.25, 0.3) is 0 Å². The van der Waals surface area contributed by atoms with Crippen molar-refractivity contribution in [1.29, 1.82) is 0 Å². The number of nitrogens with two attached hydrogens (primary N) is 1. The van der Waals surface area contributed by atoms with E-state index < -0.39 is 11.6 Å². The highest BCUT2D eigenvalue weighted by atomic mass is 19.1. The molecule has 2 aromatic rings. The third-order valence-corrected chi connectivity index (χ3v) is 4.18. The fourth-order valence-corrected chi connectivity index (χ4v) is 3.01. The van der Waals surface area contributed by atoms with Crippen LogP contribution in [-0.2, 0) is 11.3 Å². The number of aromatic nitrogens is 1. The molecule has 1 fully saturated rings. The van der Waals surface area contributed by atoms with Crippen molar-refractivity contribution in [1.82, 2.24) is 4.98 Å². The zero-order valence-corrected chi connectivity index (χ0v) is 15.3. The quantitative estimate of drug-likeness (QED) is 0.635. The van der Waals surface area contributed by atoms with Gasteiger partial charge in [0.05, 0.1) is 24.4 Å². The molecular formula is C19H23F2N5O.